The van der Waals surface area contributed by atoms with E-state index in [9.17, 15) is 4.79 Å². The fourth-order valence-corrected chi connectivity index (χ4v) is 4.09. The quantitative estimate of drug-likeness (QED) is 0.623. The molecule has 156 valence electrons. The molecule has 0 spiro atoms. The van der Waals surface area contributed by atoms with E-state index in [0.717, 1.165) is 44.8 Å². The molecule has 0 N–H and O–H groups in total. The van der Waals surface area contributed by atoms with Gasteiger partial charge in [-0.25, -0.2) is 9.78 Å². The third kappa shape index (κ3) is 5.15. The van der Waals surface area contributed by atoms with Gasteiger partial charge in [-0.15, -0.1) is 0 Å². The topological polar surface area (TPSA) is 45.7 Å². The van der Waals surface area contributed by atoms with E-state index in [1.54, 1.807) is 12.3 Å². The Balaban J connectivity index is 1.73. The van der Waals surface area contributed by atoms with E-state index < -0.39 is 0 Å². The van der Waals surface area contributed by atoms with E-state index in [0.29, 0.717) is 11.6 Å². The van der Waals surface area contributed by atoms with Crippen LogP contribution in [0.4, 0.5) is 5.82 Å². The maximum absolute atomic E-state index is 12.5. The summed E-state index contributed by atoms with van der Waals surface area (Å²) in [5.41, 5.74) is 3.39. The zero-order valence-corrected chi connectivity index (χ0v) is 18.1. The van der Waals surface area contributed by atoms with Crippen molar-refractivity contribution in [2.45, 2.75) is 59.2 Å². The number of rotatable bonds is 8. The Bertz CT molecular complexity index is 821. The van der Waals surface area contributed by atoms with Crippen molar-refractivity contribution in [2.75, 3.05) is 24.5 Å². The van der Waals surface area contributed by atoms with Crippen LogP contribution in [-0.2, 0) is 17.7 Å². The Morgan fingerprint density at radius 3 is 2.66 bits per heavy atom. The molecule has 5 heteroatoms. The molecule has 1 aliphatic heterocycles. The van der Waals surface area contributed by atoms with Gasteiger partial charge in [0.05, 0.1) is 6.10 Å². The molecule has 1 aromatic heterocycles. The molecule has 1 saturated heterocycles. The van der Waals surface area contributed by atoms with Crippen molar-refractivity contribution in [1.82, 2.24) is 9.88 Å². The molecule has 0 unspecified atom stereocenters. The lowest BCUT2D eigenvalue weighted by Gasteiger charge is -2.29. The zero-order chi connectivity index (χ0) is 20.8. The van der Waals surface area contributed by atoms with Crippen LogP contribution in [0.1, 0.15) is 55.6 Å². The lowest BCUT2D eigenvalue weighted by Crippen LogP contribution is -2.37. The lowest BCUT2D eigenvalue weighted by molar-refractivity contribution is 0.0378. The number of hydrogen-bond acceptors (Lipinski definition) is 5. The monoisotopic (exact) mass is 395 g/mol. The maximum atomic E-state index is 12.5. The summed E-state index contributed by atoms with van der Waals surface area (Å²) in [4.78, 5) is 21.8. The molecule has 1 atom stereocenters. The minimum atomic E-state index is -0.296. The second-order valence-electron chi connectivity index (χ2n) is 7.90. The first kappa shape index (κ1) is 21.3. The van der Waals surface area contributed by atoms with Crippen LogP contribution in [0.15, 0.2) is 42.6 Å². The van der Waals surface area contributed by atoms with Gasteiger partial charge in [-0.1, -0.05) is 38.1 Å². The summed E-state index contributed by atoms with van der Waals surface area (Å²) in [6, 6.07) is 12.8. The third-order valence-corrected chi connectivity index (χ3v) is 5.61. The smallest absolute Gasteiger partial charge is 0.342 e. The molecule has 0 aliphatic carbocycles. The molecule has 1 aromatic carbocycles. The largest absolute Gasteiger partial charge is 0.459 e. The first-order chi connectivity index (χ1) is 14.0. The van der Waals surface area contributed by atoms with Crippen molar-refractivity contribution in [3.63, 3.8) is 0 Å². The standard InChI is InChI=1S/C24H33N3O2/c1-5-19-10-7-8-11-20(19)16-26(6-2)21-13-15-27(17-21)23-22(12-9-14-25-23)24(28)29-18(3)4/h7-12,14,18,21H,5-6,13,15-17H2,1-4H3/t21-/m0/s1. The van der Waals surface area contributed by atoms with E-state index in [2.05, 4.69) is 52.9 Å². The highest BCUT2D eigenvalue weighted by molar-refractivity contribution is 5.94. The summed E-state index contributed by atoms with van der Waals surface area (Å²) in [6.07, 6.45) is 3.73. The SMILES string of the molecule is CCc1ccccc1CN(CC)[C@H]1CCN(c2ncccc2C(=O)OC(C)C)C1. The van der Waals surface area contributed by atoms with Crippen LogP contribution in [0.3, 0.4) is 0 Å². The summed E-state index contributed by atoms with van der Waals surface area (Å²) >= 11 is 0. The molecule has 2 aromatic rings. The van der Waals surface area contributed by atoms with Crippen molar-refractivity contribution >= 4 is 11.8 Å². The van der Waals surface area contributed by atoms with Gasteiger partial charge in [-0.2, -0.15) is 0 Å². The van der Waals surface area contributed by atoms with Gasteiger partial charge in [-0.05, 0) is 56.5 Å². The van der Waals surface area contributed by atoms with Gasteiger partial charge >= 0.3 is 5.97 Å². The molecular weight excluding hydrogens is 362 g/mol. The average Bonchev–Trinajstić information content (AvgIpc) is 3.21. The van der Waals surface area contributed by atoms with Crippen molar-refractivity contribution < 1.29 is 9.53 Å². The van der Waals surface area contributed by atoms with Gasteiger partial charge in [0.25, 0.3) is 0 Å². The third-order valence-electron chi connectivity index (χ3n) is 5.61. The summed E-state index contributed by atoms with van der Waals surface area (Å²) in [6.45, 7) is 11.9. The molecule has 0 saturated carbocycles. The fraction of sp³-hybridized carbons (Fsp3) is 0.500. The van der Waals surface area contributed by atoms with Crippen LogP contribution >= 0.6 is 0 Å². The number of ether oxygens (including phenoxy) is 1. The average molecular weight is 396 g/mol. The normalized spacial score (nSPS) is 16.6. The van der Waals surface area contributed by atoms with Crippen LogP contribution in [-0.4, -0.2) is 47.6 Å². The predicted molar refractivity (Wildman–Crippen MR) is 117 cm³/mol. The Hall–Kier alpha value is -2.40. The number of nitrogens with zero attached hydrogens (tertiary/aromatic N) is 3. The number of carbonyl (C=O) groups is 1. The first-order valence-corrected chi connectivity index (χ1v) is 10.7. The second-order valence-corrected chi connectivity index (χ2v) is 7.90. The summed E-state index contributed by atoms with van der Waals surface area (Å²) in [5.74, 6) is 0.446. The van der Waals surface area contributed by atoms with Crippen molar-refractivity contribution in [3.05, 3.63) is 59.3 Å². The summed E-state index contributed by atoms with van der Waals surface area (Å²) < 4.78 is 5.42. The van der Waals surface area contributed by atoms with Gasteiger partial charge in [-0.3, -0.25) is 4.90 Å². The number of hydrogen-bond donors (Lipinski definition) is 0. The maximum Gasteiger partial charge on any atom is 0.342 e. The molecule has 1 fully saturated rings. The number of benzene rings is 1. The van der Waals surface area contributed by atoms with Gasteiger partial charge in [0.2, 0.25) is 0 Å². The van der Waals surface area contributed by atoms with Gasteiger partial charge in [0, 0.05) is 31.9 Å². The molecule has 1 aliphatic rings. The van der Waals surface area contributed by atoms with E-state index in [4.69, 9.17) is 4.74 Å². The Morgan fingerprint density at radius 1 is 1.21 bits per heavy atom. The fourth-order valence-electron chi connectivity index (χ4n) is 4.09. The van der Waals surface area contributed by atoms with Gasteiger partial charge in [0.15, 0.2) is 0 Å². The molecule has 5 nitrogen and oxygen atoms in total. The first-order valence-electron chi connectivity index (χ1n) is 10.7. The summed E-state index contributed by atoms with van der Waals surface area (Å²) in [5, 5.41) is 0. The van der Waals surface area contributed by atoms with E-state index in [1.807, 2.05) is 19.9 Å². The number of pyridine rings is 1. The minimum absolute atomic E-state index is 0.143. The summed E-state index contributed by atoms with van der Waals surface area (Å²) in [7, 11) is 0. The van der Waals surface area contributed by atoms with Crippen molar-refractivity contribution in [3.8, 4) is 0 Å². The Morgan fingerprint density at radius 2 is 1.97 bits per heavy atom. The number of esters is 1. The molecule has 0 amide bonds. The second kappa shape index (κ2) is 9.88. The van der Waals surface area contributed by atoms with Gasteiger partial charge < -0.3 is 9.64 Å². The number of aromatic nitrogens is 1. The number of carbonyl (C=O) groups excluding carboxylic acids is 1. The Labute approximate surface area is 174 Å². The highest BCUT2D eigenvalue weighted by Crippen LogP contribution is 2.26. The molecule has 0 bridgehead atoms. The van der Waals surface area contributed by atoms with Gasteiger partial charge in [0.1, 0.15) is 11.4 Å². The van der Waals surface area contributed by atoms with Crippen LogP contribution < -0.4 is 4.90 Å². The van der Waals surface area contributed by atoms with E-state index in [-0.39, 0.29) is 12.1 Å². The van der Waals surface area contributed by atoms with Crippen molar-refractivity contribution in [2.24, 2.45) is 0 Å². The molecule has 2 heterocycles. The van der Waals surface area contributed by atoms with Crippen LogP contribution in [0.25, 0.3) is 0 Å². The number of likely N-dealkylation sites (N-methyl/N-ethyl adjacent to an activating group) is 1. The Kier molecular flexibility index (Phi) is 7.26. The highest BCUT2D eigenvalue weighted by Gasteiger charge is 2.30. The molecule has 3 rings (SSSR count). The van der Waals surface area contributed by atoms with Crippen LogP contribution in [0, 0.1) is 0 Å². The zero-order valence-electron chi connectivity index (χ0n) is 18.1. The molecular formula is C24H33N3O2. The molecule has 29 heavy (non-hydrogen) atoms. The van der Waals surface area contributed by atoms with Crippen LogP contribution in [0.5, 0.6) is 0 Å². The van der Waals surface area contributed by atoms with E-state index in [1.165, 1.54) is 11.1 Å². The molecule has 0 radical (unpaired) electrons. The van der Waals surface area contributed by atoms with E-state index >= 15 is 0 Å². The lowest BCUT2D eigenvalue weighted by atomic mass is 10.0. The number of aryl methyl sites for hydroxylation is 1. The van der Waals surface area contributed by atoms with Crippen LogP contribution in [0.2, 0.25) is 0 Å². The van der Waals surface area contributed by atoms with Crippen molar-refractivity contribution in [1.29, 1.82) is 0 Å². The number of anilines is 1. The predicted octanol–water partition coefficient (Wildman–Crippen LogP) is 4.31. The highest BCUT2D eigenvalue weighted by atomic mass is 16.5. The minimum Gasteiger partial charge on any atom is -0.459 e.